The molecule has 2 rings (SSSR count). The summed E-state index contributed by atoms with van der Waals surface area (Å²) in [6, 6.07) is 8.77. The normalized spacial score (nSPS) is 18.9. The van der Waals surface area contributed by atoms with Crippen molar-refractivity contribution >= 4 is 11.6 Å². The summed E-state index contributed by atoms with van der Waals surface area (Å²) in [6.45, 7) is 2.13. The molecule has 16 heavy (non-hydrogen) atoms. The Kier molecular flexibility index (Phi) is 4.29. The molecule has 1 aromatic carbocycles. The molecule has 0 nitrogen and oxygen atoms in total. The highest BCUT2D eigenvalue weighted by atomic mass is 35.5. The van der Waals surface area contributed by atoms with E-state index in [4.69, 9.17) is 11.6 Å². The summed E-state index contributed by atoms with van der Waals surface area (Å²) in [5.41, 5.74) is 2.70. The van der Waals surface area contributed by atoms with Gasteiger partial charge in [0.15, 0.2) is 0 Å². The summed E-state index contributed by atoms with van der Waals surface area (Å²) in [5.74, 6) is 0.896. The summed E-state index contributed by atoms with van der Waals surface area (Å²) in [4.78, 5) is 0. The molecule has 1 aliphatic rings. The number of hydrogen-bond acceptors (Lipinski definition) is 0. The van der Waals surface area contributed by atoms with Gasteiger partial charge < -0.3 is 0 Å². The van der Waals surface area contributed by atoms with Gasteiger partial charge in [0.05, 0.1) is 0 Å². The number of hydrogen-bond donors (Lipinski definition) is 0. The second-order valence-corrected chi connectivity index (χ2v) is 5.79. The van der Waals surface area contributed by atoms with Gasteiger partial charge in [0.25, 0.3) is 0 Å². The van der Waals surface area contributed by atoms with Gasteiger partial charge in [0, 0.05) is 5.38 Å². The zero-order valence-electron chi connectivity index (χ0n) is 10.1. The predicted molar refractivity (Wildman–Crippen MR) is 71.1 cm³/mol. The van der Waals surface area contributed by atoms with Gasteiger partial charge in [-0.05, 0) is 31.2 Å². The molecule has 1 atom stereocenters. The smallest absolute Gasteiger partial charge is 0.0379 e. The minimum atomic E-state index is 0.325. The maximum Gasteiger partial charge on any atom is 0.0379 e. The van der Waals surface area contributed by atoms with Gasteiger partial charge in [-0.3, -0.25) is 0 Å². The highest BCUT2D eigenvalue weighted by molar-refractivity contribution is 6.20. The van der Waals surface area contributed by atoms with Crippen LogP contribution in [-0.2, 0) is 6.42 Å². The van der Waals surface area contributed by atoms with Crippen LogP contribution in [0.4, 0.5) is 0 Å². The first kappa shape index (κ1) is 12.0. The fourth-order valence-corrected chi connectivity index (χ4v) is 3.10. The van der Waals surface area contributed by atoms with E-state index in [2.05, 4.69) is 31.2 Å². The molecule has 1 unspecified atom stereocenters. The SMILES string of the molecule is Cc1ccc(CC(Cl)CC2CCCC2)cc1. The first-order valence-corrected chi connectivity index (χ1v) is 6.87. The van der Waals surface area contributed by atoms with E-state index in [-0.39, 0.29) is 0 Å². The molecule has 1 aliphatic carbocycles. The Balaban J connectivity index is 1.81. The molecular weight excluding hydrogens is 216 g/mol. The highest BCUT2D eigenvalue weighted by Gasteiger charge is 2.18. The molecule has 1 heteroatoms. The molecule has 0 bridgehead atoms. The predicted octanol–water partition coefficient (Wildman–Crippen LogP) is 4.73. The lowest BCUT2D eigenvalue weighted by atomic mass is 9.97. The van der Waals surface area contributed by atoms with E-state index in [9.17, 15) is 0 Å². The monoisotopic (exact) mass is 236 g/mol. The van der Waals surface area contributed by atoms with E-state index in [1.807, 2.05) is 0 Å². The van der Waals surface area contributed by atoms with Gasteiger partial charge in [-0.2, -0.15) is 0 Å². The van der Waals surface area contributed by atoms with Crippen LogP contribution in [0.3, 0.4) is 0 Å². The zero-order valence-corrected chi connectivity index (χ0v) is 10.8. The van der Waals surface area contributed by atoms with Gasteiger partial charge in [0.2, 0.25) is 0 Å². The van der Waals surface area contributed by atoms with Gasteiger partial charge in [-0.15, -0.1) is 11.6 Å². The minimum absolute atomic E-state index is 0.325. The molecule has 0 heterocycles. The van der Waals surface area contributed by atoms with Crippen LogP contribution in [0.15, 0.2) is 24.3 Å². The topological polar surface area (TPSA) is 0 Å². The molecule has 88 valence electrons. The third-order valence-corrected chi connectivity index (χ3v) is 3.97. The van der Waals surface area contributed by atoms with Gasteiger partial charge >= 0.3 is 0 Å². The summed E-state index contributed by atoms with van der Waals surface area (Å²) in [7, 11) is 0. The fraction of sp³-hybridized carbons (Fsp3) is 0.600. The molecule has 0 spiro atoms. The number of benzene rings is 1. The summed E-state index contributed by atoms with van der Waals surface area (Å²) in [6.07, 6.45) is 7.86. The summed E-state index contributed by atoms with van der Waals surface area (Å²) >= 11 is 6.44. The number of alkyl halides is 1. The lowest BCUT2D eigenvalue weighted by Crippen LogP contribution is -2.09. The van der Waals surface area contributed by atoms with E-state index >= 15 is 0 Å². The van der Waals surface area contributed by atoms with E-state index < -0.39 is 0 Å². The second-order valence-electron chi connectivity index (χ2n) is 5.17. The van der Waals surface area contributed by atoms with Crippen molar-refractivity contribution in [3.63, 3.8) is 0 Å². The second kappa shape index (κ2) is 5.72. The van der Waals surface area contributed by atoms with Crippen LogP contribution in [0.5, 0.6) is 0 Å². The first-order valence-electron chi connectivity index (χ1n) is 6.43. The Bertz CT molecular complexity index is 309. The molecule has 0 aromatic heterocycles. The average Bonchev–Trinajstić information content (AvgIpc) is 2.74. The molecule has 1 aromatic rings. The van der Waals surface area contributed by atoms with Gasteiger partial charge in [-0.1, -0.05) is 55.5 Å². The van der Waals surface area contributed by atoms with Crippen molar-refractivity contribution in [2.45, 2.75) is 50.8 Å². The van der Waals surface area contributed by atoms with Crippen LogP contribution in [0.1, 0.15) is 43.2 Å². The van der Waals surface area contributed by atoms with Crippen molar-refractivity contribution in [1.82, 2.24) is 0 Å². The Labute approximate surface area is 104 Å². The molecule has 0 radical (unpaired) electrons. The quantitative estimate of drug-likeness (QED) is 0.664. The van der Waals surface area contributed by atoms with Crippen LogP contribution in [0.2, 0.25) is 0 Å². The largest absolute Gasteiger partial charge is 0.123 e. The standard InChI is InChI=1S/C15H21Cl/c1-12-6-8-14(9-7-12)11-15(16)10-13-4-2-3-5-13/h6-9,13,15H,2-5,10-11H2,1H3. The van der Waals surface area contributed by atoms with Crippen molar-refractivity contribution < 1.29 is 0 Å². The first-order chi connectivity index (χ1) is 7.74. The lowest BCUT2D eigenvalue weighted by Gasteiger charge is -2.14. The Hall–Kier alpha value is -0.490. The molecule has 0 N–H and O–H groups in total. The summed E-state index contributed by atoms with van der Waals surface area (Å²) < 4.78 is 0. The Morgan fingerprint density at radius 1 is 1.19 bits per heavy atom. The van der Waals surface area contributed by atoms with Gasteiger partial charge in [-0.25, -0.2) is 0 Å². The van der Waals surface area contributed by atoms with Crippen molar-refractivity contribution in [2.75, 3.05) is 0 Å². The highest BCUT2D eigenvalue weighted by Crippen LogP contribution is 2.30. The van der Waals surface area contributed by atoms with Crippen molar-refractivity contribution in [2.24, 2.45) is 5.92 Å². The van der Waals surface area contributed by atoms with E-state index in [0.717, 1.165) is 12.3 Å². The van der Waals surface area contributed by atoms with Gasteiger partial charge in [0.1, 0.15) is 0 Å². The molecule has 1 fully saturated rings. The number of rotatable bonds is 4. The van der Waals surface area contributed by atoms with Crippen molar-refractivity contribution in [3.05, 3.63) is 35.4 Å². The third kappa shape index (κ3) is 3.52. The summed E-state index contributed by atoms with van der Waals surface area (Å²) in [5, 5.41) is 0.325. The van der Waals surface area contributed by atoms with Crippen LogP contribution in [0, 0.1) is 12.8 Å². The molecular formula is C15H21Cl. The maximum atomic E-state index is 6.44. The third-order valence-electron chi connectivity index (χ3n) is 3.64. The lowest BCUT2D eigenvalue weighted by molar-refractivity contribution is 0.488. The Morgan fingerprint density at radius 3 is 2.44 bits per heavy atom. The maximum absolute atomic E-state index is 6.44. The van der Waals surface area contributed by atoms with Crippen molar-refractivity contribution in [3.8, 4) is 0 Å². The number of aryl methyl sites for hydroxylation is 1. The van der Waals surface area contributed by atoms with E-state index in [1.54, 1.807) is 0 Å². The van der Waals surface area contributed by atoms with E-state index in [1.165, 1.54) is 43.2 Å². The van der Waals surface area contributed by atoms with Crippen LogP contribution in [0.25, 0.3) is 0 Å². The molecule has 0 aliphatic heterocycles. The Morgan fingerprint density at radius 2 is 1.81 bits per heavy atom. The van der Waals surface area contributed by atoms with Crippen LogP contribution >= 0.6 is 11.6 Å². The molecule has 0 saturated heterocycles. The van der Waals surface area contributed by atoms with Crippen LogP contribution in [-0.4, -0.2) is 5.38 Å². The molecule has 1 saturated carbocycles. The zero-order chi connectivity index (χ0) is 11.4. The van der Waals surface area contributed by atoms with Crippen molar-refractivity contribution in [1.29, 1.82) is 0 Å². The van der Waals surface area contributed by atoms with E-state index in [0.29, 0.717) is 5.38 Å². The minimum Gasteiger partial charge on any atom is -0.123 e. The fourth-order valence-electron chi connectivity index (χ4n) is 2.67. The van der Waals surface area contributed by atoms with Crippen LogP contribution < -0.4 is 0 Å². The molecule has 0 amide bonds. The average molecular weight is 237 g/mol. The number of halogens is 1.